The van der Waals surface area contributed by atoms with Gasteiger partial charge in [0.25, 0.3) is 5.91 Å². The zero-order chi connectivity index (χ0) is 18.5. The maximum atomic E-state index is 12.3. The molecule has 6 nitrogen and oxygen atoms in total. The maximum Gasteiger partial charge on any atom is 0.306 e. The predicted octanol–water partition coefficient (Wildman–Crippen LogP) is 2.91. The summed E-state index contributed by atoms with van der Waals surface area (Å²) in [6, 6.07) is 13.1. The molecule has 1 heterocycles. The van der Waals surface area contributed by atoms with Crippen LogP contribution in [0.1, 0.15) is 28.8 Å². The zero-order valence-corrected chi connectivity index (χ0v) is 14.6. The van der Waals surface area contributed by atoms with Crippen LogP contribution >= 0.6 is 11.6 Å². The topological polar surface area (TPSA) is 84.5 Å². The summed E-state index contributed by atoms with van der Waals surface area (Å²) in [4.78, 5) is 36.5. The highest BCUT2D eigenvalue weighted by Crippen LogP contribution is 2.23. The van der Waals surface area contributed by atoms with Crippen molar-refractivity contribution in [2.75, 3.05) is 5.32 Å². The summed E-state index contributed by atoms with van der Waals surface area (Å²) in [5.41, 5.74) is 1.57. The quantitative estimate of drug-likeness (QED) is 0.790. The predicted molar refractivity (Wildman–Crippen MR) is 96.8 cm³/mol. The van der Waals surface area contributed by atoms with Crippen LogP contribution in [0.5, 0.6) is 0 Å². The summed E-state index contributed by atoms with van der Waals surface area (Å²) in [7, 11) is 0. The first-order chi connectivity index (χ1) is 12.5. The van der Waals surface area contributed by atoms with Crippen LogP contribution in [0.3, 0.4) is 0 Å². The van der Waals surface area contributed by atoms with Crippen molar-refractivity contribution in [1.82, 2.24) is 5.32 Å². The number of rotatable bonds is 5. The fourth-order valence-electron chi connectivity index (χ4n) is 2.61. The first-order valence-electron chi connectivity index (χ1n) is 8.14. The Kier molecular flexibility index (Phi) is 5.53. The lowest BCUT2D eigenvalue weighted by molar-refractivity contribution is -0.145. The second kappa shape index (κ2) is 8.01. The molecule has 26 heavy (non-hydrogen) atoms. The van der Waals surface area contributed by atoms with Crippen LogP contribution in [0, 0.1) is 0 Å². The molecule has 1 atom stereocenters. The Labute approximate surface area is 155 Å². The highest BCUT2D eigenvalue weighted by atomic mass is 35.5. The van der Waals surface area contributed by atoms with Crippen LogP contribution in [-0.4, -0.2) is 23.8 Å². The molecule has 0 spiro atoms. The Balaban J connectivity index is 1.56. The number of halogens is 1. The molecule has 3 rings (SSSR count). The van der Waals surface area contributed by atoms with Gasteiger partial charge >= 0.3 is 5.97 Å². The summed E-state index contributed by atoms with van der Waals surface area (Å²) in [6.45, 7) is 0.173. The summed E-state index contributed by atoms with van der Waals surface area (Å²) in [6.07, 6.45) is 0.162. The zero-order valence-electron chi connectivity index (χ0n) is 13.8. The molecule has 0 fully saturated rings. The molecule has 7 heteroatoms. The van der Waals surface area contributed by atoms with Gasteiger partial charge in [0.15, 0.2) is 0 Å². The molecular weight excluding hydrogens is 356 g/mol. The minimum Gasteiger partial charge on any atom is -0.461 e. The van der Waals surface area contributed by atoms with Crippen molar-refractivity contribution in [2.24, 2.45) is 0 Å². The highest BCUT2D eigenvalue weighted by molar-refractivity contribution is 6.31. The van der Waals surface area contributed by atoms with E-state index in [0.717, 1.165) is 5.56 Å². The van der Waals surface area contributed by atoms with E-state index in [1.54, 1.807) is 12.1 Å². The summed E-state index contributed by atoms with van der Waals surface area (Å²) in [5.74, 6) is -1.22. The number of benzene rings is 2. The smallest absolute Gasteiger partial charge is 0.306 e. The molecule has 0 aliphatic carbocycles. The number of carbonyl (C=O) groups is 3. The average molecular weight is 373 g/mol. The molecule has 2 aromatic carbocycles. The van der Waals surface area contributed by atoms with Gasteiger partial charge in [-0.05, 0) is 30.2 Å². The largest absolute Gasteiger partial charge is 0.461 e. The Bertz CT molecular complexity index is 839. The van der Waals surface area contributed by atoms with E-state index < -0.39 is 17.9 Å². The van der Waals surface area contributed by atoms with Gasteiger partial charge in [-0.1, -0.05) is 41.9 Å². The molecule has 2 N–H and O–H groups in total. The Morgan fingerprint density at radius 2 is 1.88 bits per heavy atom. The first-order valence-corrected chi connectivity index (χ1v) is 8.51. The van der Waals surface area contributed by atoms with Gasteiger partial charge in [-0.2, -0.15) is 0 Å². The van der Waals surface area contributed by atoms with Gasteiger partial charge in [0.2, 0.25) is 5.91 Å². The molecule has 1 unspecified atom stereocenters. The third kappa shape index (κ3) is 4.40. The minimum absolute atomic E-state index is 0.0162. The van der Waals surface area contributed by atoms with Crippen molar-refractivity contribution in [3.05, 3.63) is 64.7 Å². The molecule has 0 aromatic heterocycles. The van der Waals surface area contributed by atoms with Crippen LogP contribution in [0.15, 0.2) is 48.5 Å². The number of amides is 2. The lowest BCUT2D eigenvalue weighted by Gasteiger charge is -2.14. The SMILES string of the molecule is O=C(CCC1NC(=O)c2cc(Cl)ccc2NC1=O)OCc1ccccc1. The fourth-order valence-corrected chi connectivity index (χ4v) is 2.78. The number of carbonyl (C=O) groups excluding carboxylic acids is 3. The van der Waals surface area contributed by atoms with E-state index in [4.69, 9.17) is 16.3 Å². The van der Waals surface area contributed by atoms with E-state index in [1.165, 1.54) is 6.07 Å². The van der Waals surface area contributed by atoms with Gasteiger partial charge in [0.1, 0.15) is 12.6 Å². The molecule has 0 bridgehead atoms. The van der Waals surface area contributed by atoms with Gasteiger partial charge < -0.3 is 15.4 Å². The Morgan fingerprint density at radius 3 is 2.65 bits per heavy atom. The number of fused-ring (bicyclic) bond motifs is 1. The van der Waals surface area contributed by atoms with E-state index in [1.807, 2.05) is 30.3 Å². The normalized spacial score (nSPS) is 16.1. The summed E-state index contributed by atoms with van der Waals surface area (Å²) >= 11 is 5.90. The molecule has 0 saturated heterocycles. The second-order valence-electron chi connectivity index (χ2n) is 5.89. The van der Waals surface area contributed by atoms with Crippen molar-refractivity contribution >= 4 is 35.1 Å². The lowest BCUT2D eigenvalue weighted by atomic mass is 10.1. The number of anilines is 1. The number of hydrogen-bond acceptors (Lipinski definition) is 4. The molecule has 0 saturated carbocycles. The van der Waals surface area contributed by atoms with Gasteiger partial charge in [-0.15, -0.1) is 0 Å². The maximum absolute atomic E-state index is 12.3. The summed E-state index contributed by atoms with van der Waals surface area (Å²) < 4.78 is 5.19. The van der Waals surface area contributed by atoms with Gasteiger partial charge in [-0.25, -0.2) is 0 Å². The van der Waals surface area contributed by atoms with Crippen LogP contribution in [-0.2, 0) is 20.9 Å². The molecular formula is C19H17ClN2O4. The molecule has 1 aliphatic rings. The fraction of sp³-hybridized carbons (Fsp3) is 0.211. The van der Waals surface area contributed by atoms with Crippen molar-refractivity contribution in [1.29, 1.82) is 0 Å². The van der Waals surface area contributed by atoms with Crippen LogP contribution < -0.4 is 10.6 Å². The molecule has 2 amide bonds. The third-order valence-electron chi connectivity index (χ3n) is 3.99. The van der Waals surface area contributed by atoms with E-state index in [0.29, 0.717) is 16.3 Å². The number of nitrogens with one attached hydrogen (secondary N) is 2. The lowest BCUT2D eigenvalue weighted by Crippen LogP contribution is -2.41. The number of hydrogen-bond donors (Lipinski definition) is 2. The average Bonchev–Trinajstić information content (AvgIpc) is 2.76. The monoisotopic (exact) mass is 372 g/mol. The van der Waals surface area contributed by atoms with Crippen LogP contribution in [0.2, 0.25) is 5.02 Å². The molecule has 0 radical (unpaired) electrons. The third-order valence-corrected chi connectivity index (χ3v) is 4.22. The minimum atomic E-state index is -0.821. The number of esters is 1. The van der Waals surface area contributed by atoms with Crippen molar-refractivity contribution in [3.63, 3.8) is 0 Å². The van der Waals surface area contributed by atoms with E-state index in [9.17, 15) is 14.4 Å². The Hall–Kier alpha value is -2.86. The van der Waals surface area contributed by atoms with Crippen molar-refractivity contribution < 1.29 is 19.1 Å². The first kappa shape index (κ1) is 17.9. The standard InChI is InChI=1S/C19H17ClN2O4/c20-13-6-7-15-14(10-13)18(24)22-16(19(25)21-15)8-9-17(23)26-11-12-4-2-1-3-5-12/h1-7,10,16H,8-9,11H2,(H,21,25)(H,22,24). The summed E-state index contributed by atoms with van der Waals surface area (Å²) in [5, 5.41) is 5.70. The van der Waals surface area contributed by atoms with Gasteiger partial charge in [0, 0.05) is 11.4 Å². The second-order valence-corrected chi connectivity index (χ2v) is 6.33. The number of ether oxygens (including phenoxy) is 1. The van der Waals surface area contributed by atoms with Crippen LogP contribution in [0.25, 0.3) is 0 Å². The van der Waals surface area contributed by atoms with Crippen LogP contribution in [0.4, 0.5) is 5.69 Å². The highest BCUT2D eigenvalue weighted by Gasteiger charge is 2.28. The van der Waals surface area contributed by atoms with E-state index >= 15 is 0 Å². The molecule has 134 valence electrons. The van der Waals surface area contributed by atoms with E-state index in [2.05, 4.69) is 10.6 Å². The van der Waals surface area contributed by atoms with E-state index in [-0.39, 0.29) is 25.4 Å². The van der Waals surface area contributed by atoms with Gasteiger partial charge in [0.05, 0.1) is 11.3 Å². The molecule has 2 aromatic rings. The molecule has 1 aliphatic heterocycles. The van der Waals surface area contributed by atoms with Crippen molar-refractivity contribution in [3.8, 4) is 0 Å². The Morgan fingerprint density at radius 1 is 1.12 bits per heavy atom. The van der Waals surface area contributed by atoms with Crippen molar-refractivity contribution in [2.45, 2.75) is 25.5 Å². The van der Waals surface area contributed by atoms with Gasteiger partial charge in [-0.3, -0.25) is 14.4 Å².